The SMILES string of the molecule is CCCC(=O)N1CCC(NC(=O)CCc2ccc(OC)cc2)CC1. The van der Waals surface area contributed by atoms with Gasteiger partial charge in [0.2, 0.25) is 11.8 Å². The highest BCUT2D eigenvalue weighted by atomic mass is 16.5. The van der Waals surface area contributed by atoms with Crippen LogP contribution in [0.25, 0.3) is 0 Å². The van der Waals surface area contributed by atoms with Crippen LogP contribution in [0, 0.1) is 0 Å². The van der Waals surface area contributed by atoms with E-state index in [-0.39, 0.29) is 17.9 Å². The van der Waals surface area contributed by atoms with Crippen molar-refractivity contribution in [1.29, 1.82) is 0 Å². The van der Waals surface area contributed by atoms with Gasteiger partial charge in [-0.15, -0.1) is 0 Å². The van der Waals surface area contributed by atoms with Gasteiger partial charge in [-0.3, -0.25) is 9.59 Å². The molecule has 0 aromatic heterocycles. The minimum atomic E-state index is 0.0872. The molecular formula is C19H28N2O3. The minimum absolute atomic E-state index is 0.0872. The van der Waals surface area contributed by atoms with E-state index in [0.717, 1.165) is 50.1 Å². The Morgan fingerprint density at radius 3 is 2.42 bits per heavy atom. The zero-order valence-electron chi connectivity index (χ0n) is 14.7. The molecule has 0 radical (unpaired) electrons. The number of benzene rings is 1. The molecule has 0 saturated carbocycles. The number of nitrogens with zero attached hydrogens (tertiary/aromatic N) is 1. The number of hydrogen-bond acceptors (Lipinski definition) is 3. The molecule has 0 spiro atoms. The summed E-state index contributed by atoms with van der Waals surface area (Å²) in [5.74, 6) is 1.15. The van der Waals surface area contributed by atoms with E-state index in [0.29, 0.717) is 12.8 Å². The summed E-state index contributed by atoms with van der Waals surface area (Å²) in [6.07, 6.45) is 4.43. The molecule has 1 N–H and O–H groups in total. The summed E-state index contributed by atoms with van der Waals surface area (Å²) in [5.41, 5.74) is 1.13. The molecule has 0 aliphatic carbocycles. The maximum Gasteiger partial charge on any atom is 0.222 e. The van der Waals surface area contributed by atoms with Gasteiger partial charge in [0, 0.05) is 32.0 Å². The standard InChI is InChI=1S/C19H28N2O3/c1-3-4-19(23)21-13-11-16(12-14-21)20-18(22)10-7-15-5-8-17(24-2)9-6-15/h5-6,8-9,16H,3-4,7,10-14H2,1-2H3,(H,20,22). The normalized spacial score (nSPS) is 15.2. The van der Waals surface area contributed by atoms with Gasteiger partial charge in [-0.2, -0.15) is 0 Å². The van der Waals surface area contributed by atoms with Crippen molar-refractivity contribution in [3.8, 4) is 5.75 Å². The maximum atomic E-state index is 12.1. The van der Waals surface area contributed by atoms with E-state index in [1.807, 2.05) is 36.1 Å². The van der Waals surface area contributed by atoms with Gasteiger partial charge in [0.1, 0.15) is 5.75 Å². The van der Waals surface area contributed by atoms with Crippen LogP contribution in [0.15, 0.2) is 24.3 Å². The lowest BCUT2D eigenvalue weighted by Gasteiger charge is -2.32. The van der Waals surface area contributed by atoms with Crippen LogP contribution in [0.3, 0.4) is 0 Å². The summed E-state index contributed by atoms with van der Waals surface area (Å²) >= 11 is 0. The summed E-state index contributed by atoms with van der Waals surface area (Å²) in [7, 11) is 1.64. The lowest BCUT2D eigenvalue weighted by atomic mass is 10.0. The van der Waals surface area contributed by atoms with Gasteiger partial charge < -0.3 is 15.0 Å². The second kappa shape index (κ2) is 9.30. The van der Waals surface area contributed by atoms with Gasteiger partial charge in [0.25, 0.3) is 0 Å². The molecule has 2 amide bonds. The van der Waals surface area contributed by atoms with Crippen LogP contribution in [-0.2, 0) is 16.0 Å². The number of carbonyl (C=O) groups is 2. The average molecular weight is 332 g/mol. The number of ether oxygens (including phenoxy) is 1. The number of methoxy groups -OCH3 is 1. The van der Waals surface area contributed by atoms with Crippen molar-refractivity contribution in [2.24, 2.45) is 0 Å². The predicted octanol–water partition coefficient (Wildman–Crippen LogP) is 2.54. The molecule has 1 saturated heterocycles. The number of nitrogens with one attached hydrogen (secondary N) is 1. The quantitative estimate of drug-likeness (QED) is 0.835. The van der Waals surface area contributed by atoms with Crippen LogP contribution in [0.1, 0.15) is 44.6 Å². The van der Waals surface area contributed by atoms with E-state index >= 15 is 0 Å². The van der Waals surface area contributed by atoms with Crippen LogP contribution in [0.5, 0.6) is 5.75 Å². The molecule has 2 rings (SSSR count). The van der Waals surface area contributed by atoms with Crippen molar-refractivity contribution in [1.82, 2.24) is 10.2 Å². The lowest BCUT2D eigenvalue weighted by molar-refractivity contribution is -0.132. The lowest BCUT2D eigenvalue weighted by Crippen LogP contribution is -2.46. The highest BCUT2D eigenvalue weighted by molar-refractivity contribution is 5.77. The van der Waals surface area contributed by atoms with Crippen molar-refractivity contribution < 1.29 is 14.3 Å². The van der Waals surface area contributed by atoms with Crippen molar-refractivity contribution >= 4 is 11.8 Å². The number of piperidine rings is 1. The third-order valence-electron chi connectivity index (χ3n) is 4.48. The molecule has 1 aliphatic heterocycles. The van der Waals surface area contributed by atoms with Crippen LogP contribution in [0.4, 0.5) is 0 Å². The van der Waals surface area contributed by atoms with Gasteiger partial charge >= 0.3 is 0 Å². The Hall–Kier alpha value is -2.04. The van der Waals surface area contributed by atoms with Crippen molar-refractivity contribution in [2.75, 3.05) is 20.2 Å². The van der Waals surface area contributed by atoms with E-state index in [1.165, 1.54) is 0 Å². The fraction of sp³-hybridized carbons (Fsp3) is 0.579. The molecule has 5 heteroatoms. The Balaban J connectivity index is 1.68. The Labute approximate surface area is 144 Å². The van der Waals surface area contributed by atoms with E-state index in [1.54, 1.807) is 7.11 Å². The molecular weight excluding hydrogens is 304 g/mol. The van der Waals surface area contributed by atoms with Crippen LogP contribution >= 0.6 is 0 Å². The summed E-state index contributed by atoms with van der Waals surface area (Å²) in [6, 6.07) is 8.00. The maximum absolute atomic E-state index is 12.1. The molecule has 1 fully saturated rings. The summed E-state index contributed by atoms with van der Waals surface area (Å²) in [6.45, 7) is 3.53. The number of likely N-dealkylation sites (tertiary alicyclic amines) is 1. The first-order chi connectivity index (χ1) is 11.6. The van der Waals surface area contributed by atoms with E-state index < -0.39 is 0 Å². The second-order valence-corrected chi connectivity index (χ2v) is 6.32. The van der Waals surface area contributed by atoms with Gasteiger partial charge in [0.05, 0.1) is 7.11 Å². The van der Waals surface area contributed by atoms with Gasteiger partial charge in [-0.05, 0) is 43.4 Å². The molecule has 5 nitrogen and oxygen atoms in total. The van der Waals surface area contributed by atoms with Crippen molar-refractivity contribution in [2.45, 2.75) is 51.5 Å². The van der Waals surface area contributed by atoms with Crippen LogP contribution < -0.4 is 10.1 Å². The molecule has 0 unspecified atom stereocenters. The van der Waals surface area contributed by atoms with E-state index in [9.17, 15) is 9.59 Å². The average Bonchev–Trinajstić information content (AvgIpc) is 2.61. The Morgan fingerprint density at radius 1 is 1.17 bits per heavy atom. The first kappa shape index (κ1) is 18.3. The third-order valence-corrected chi connectivity index (χ3v) is 4.48. The molecule has 1 aromatic carbocycles. The molecule has 1 heterocycles. The molecule has 0 atom stereocenters. The zero-order valence-corrected chi connectivity index (χ0v) is 14.7. The van der Waals surface area contributed by atoms with Gasteiger partial charge in [-0.25, -0.2) is 0 Å². The summed E-state index contributed by atoms with van der Waals surface area (Å²) in [4.78, 5) is 25.9. The Bertz CT molecular complexity index is 534. The summed E-state index contributed by atoms with van der Waals surface area (Å²) < 4.78 is 5.13. The number of hydrogen-bond donors (Lipinski definition) is 1. The zero-order chi connectivity index (χ0) is 17.4. The van der Waals surface area contributed by atoms with Crippen LogP contribution in [0.2, 0.25) is 0 Å². The number of aryl methyl sites for hydroxylation is 1. The summed E-state index contributed by atoms with van der Waals surface area (Å²) in [5, 5.41) is 3.10. The monoisotopic (exact) mass is 332 g/mol. The number of carbonyl (C=O) groups excluding carboxylic acids is 2. The number of rotatable bonds is 7. The topological polar surface area (TPSA) is 58.6 Å². The fourth-order valence-corrected chi connectivity index (χ4v) is 3.00. The van der Waals surface area contributed by atoms with Crippen molar-refractivity contribution in [3.63, 3.8) is 0 Å². The molecule has 132 valence electrons. The first-order valence-electron chi connectivity index (χ1n) is 8.82. The molecule has 1 aliphatic rings. The highest BCUT2D eigenvalue weighted by Crippen LogP contribution is 2.14. The van der Waals surface area contributed by atoms with E-state index in [2.05, 4.69) is 5.32 Å². The van der Waals surface area contributed by atoms with Gasteiger partial charge in [0.15, 0.2) is 0 Å². The Morgan fingerprint density at radius 2 is 1.83 bits per heavy atom. The largest absolute Gasteiger partial charge is 0.497 e. The third kappa shape index (κ3) is 5.55. The smallest absolute Gasteiger partial charge is 0.222 e. The number of amides is 2. The fourth-order valence-electron chi connectivity index (χ4n) is 3.00. The molecule has 1 aromatic rings. The molecule has 24 heavy (non-hydrogen) atoms. The second-order valence-electron chi connectivity index (χ2n) is 6.32. The Kier molecular flexibility index (Phi) is 7.09. The van der Waals surface area contributed by atoms with Crippen molar-refractivity contribution in [3.05, 3.63) is 29.8 Å². The van der Waals surface area contributed by atoms with E-state index in [4.69, 9.17) is 4.74 Å². The minimum Gasteiger partial charge on any atom is -0.497 e. The van der Waals surface area contributed by atoms with Gasteiger partial charge in [-0.1, -0.05) is 19.1 Å². The molecule has 0 bridgehead atoms. The first-order valence-corrected chi connectivity index (χ1v) is 8.82. The predicted molar refractivity (Wildman–Crippen MR) is 94.0 cm³/mol. The van der Waals surface area contributed by atoms with Crippen LogP contribution in [-0.4, -0.2) is 43.0 Å². The highest BCUT2D eigenvalue weighted by Gasteiger charge is 2.23.